The van der Waals surface area contributed by atoms with Gasteiger partial charge in [0.1, 0.15) is 0 Å². The molecule has 0 spiro atoms. The predicted octanol–water partition coefficient (Wildman–Crippen LogP) is 4.92. The molecule has 0 N–H and O–H groups in total. The molecular formula is C16H32O2. The van der Waals surface area contributed by atoms with Crippen molar-refractivity contribution in [3.05, 3.63) is 0 Å². The Bertz CT molecular complexity index is 195. The molecule has 0 saturated carbocycles. The van der Waals surface area contributed by atoms with E-state index in [1.807, 2.05) is 0 Å². The highest BCUT2D eigenvalue weighted by Gasteiger charge is 2.31. The minimum atomic E-state index is 0.0705. The van der Waals surface area contributed by atoms with Gasteiger partial charge in [-0.3, -0.25) is 0 Å². The van der Waals surface area contributed by atoms with Gasteiger partial charge in [0, 0.05) is 5.41 Å². The molecule has 0 unspecified atom stereocenters. The maximum atomic E-state index is 5.85. The summed E-state index contributed by atoms with van der Waals surface area (Å²) in [5, 5.41) is 0. The number of rotatable bonds is 9. The van der Waals surface area contributed by atoms with Crippen LogP contribution in [0.15, 0.2) is 0 Å². The van der Waals surface area contributed by atoms with E-state index in [9.17, 15) is 0 Å². The summed E-state index contributed by atoms with van der Waals surface area (Å²) >= 11 is 0. The van der Waals surface area contributed by atoms with E-state index < -0.39 is 0 Å². The second kappa shape index (κ2) is 8.92. The van der Waals surface area contributed by atoms with E-state index in [2.05, 4.69) is 20.8 Å². The first-order chi connectivity index (χ1) is 8.70. The summed E-state index contributed by atoms with van der Waals surface area (Å²) in [6, 6.07) is 0. The van der Waals surface area contributed by atoms with E-state index >= 15 is 0 Å². The lowest BCUT2D eigenvalue weighted by Gasteiger charge is -2.37. The van der Waals surface area contributed by atoms with Crippen molar-refractivity contribution in [1.82, 2.24) is 0 Å². The summed E-state index contributed by atoms with van der Waals surface area (Å²) in [6.07, 6.45) is 11.6. The Kier molecular flexibility index (Phi) is 7.92. The van der Waals surface area contributed by atoms with Crippen molar-refractivity contribution in [3.8, 4) is 0 Å². The van der Waals surface area contributed by atoms with E-state index in [0.29, 0.717) is 0 Å². The van der Waals surface area contributed by atoms with Crippen LogP contribution in [-0.4, -0.2) is 19.5 Å². The third-order valence-corrected chi connectivity index (χ3v) is 3.88. The van der Waals surface area contributed by atoms with Gasteiger partial charge in [0.2, 0.25) is 0 Å². The van der Waals surface area contributed by atoms with E-state index in [-0.39, 0.29) is 11.7 Å². The Morgan fingerprint density at radius 1 is 0.889 bits per heavy atom. The fourth-order valence-corrected chi connectivity index (χ4v) is 2.68. The van der Waals surface area contributed by atoms with Crippen LogP contribution in [0.2, 0.25) is 0 Å². The Hall–Kier alpha value is -0.0800. The molecule has 0 amide bonds. The average molecular weight is 256 g/mol. The highest BCUT2D eigenvalue weighted by atomic mass is 16.7. The third kappa shape index (κ3) is 6.19. The molecule has 1 heterocycles. The van der Waals surface area contributed by atoms with E-state index in [1.165, 1.54) is 51.4 Å². The van der Waals surface area contributed by atoms with Gasteiger partial charge in [-0.1, -0.05) is 59.3 Å². The molecule has 2 nitrogen and oxygen atoms in total. The molecule has 0 aromatic rings. The van der Waals surface area contributed by atoms with E-state index in [0.717, 1.165) is 19.6 Å². The van der Waals surface area contributed by atoms with Crippen LogP contribution >= 0.6 is 0 Å². The van der Waals surface area contributed by atoms with Crippen molar-refractivity contribution in [1.29, 1.82) is 0 Å². The van der Waals surface area contributed by atoms with Crippen LogP contribution in [0.4, 0.5) is 0 Å². The lowest BCUT2D eigenvalue weighted by Crippen LogP contribution is -2.39. The second-order valence-electron chi connectivity index (χ2n) is 6.17. The van der Waals surface area contributed by atoms with Crippen LogP contribution in [0.1, 0.15) is 78.6 Å². The summed E-state index contributed by atoms with van der Waals surface area (Å²) < 4.78 is 11.7. The molecule has 1 aliphatic heterocycles. The van der Waals surface area contributed by atoms with E-state index in [4.69, 9.17) is 9.47 Å². The summed E-state index contributed by atoms with van der Waals surface area (Å²) in [5.74, 6) is 0. The van der Waals surface area contributed by atoms with Crippen LogP contribution in [-0.2, 0) is 9.47 Å². The normalized spacial score (nSPS) is 28.5. The largest absolute Gasteiger partial charge is 0.352 e. The van der Waals surface area contributed by atoms with Gasteiger partial charge in [-0.25, -0.2) is 0 Å². The molecule has 0 bridgehead atoms. The highest BCUT2D eigenvalue weighted by Crippen LogP contribution is 2.30. The zero-order valence-electron chi connectivity index (χ0n) is 12.7. The maximum Gasteiger partial charge on any atom is 0.157 e. The van der Waals surface area contributed by atoms with Crippen molar-refractivity contribution >= 4 is 0 Å². The molecule has 1 rings (SSSR count). The zero-order chi connectivity index (χ0) is 13.3. The first-order valence-electron chi connectivity index (χ1n) is 7.93. The highest BCUT2D eigenvalue weighted by molar-refractivity contribution is 4.76. The minimum absolute atomic E-state index is 0.0705. The third-order valence-electron chi connectivity index (χ3n) is 3.88. The molecule has 0 aromatic carbocycles. The van der Waals surface area contributed by atoms with Gasteiger partial charge < -0.3 is 9.47 Å². The average Bonchev–Trinajstić information content (AvgIpc) is 2.36. The van der Waals surface area contributed by atoms with Gasteiger partial charge in [-0.05, 0) is 19.3 Å². The predicted molar refractivity (Wildman–Crippen MR) is 76.7 cm³/mol. The summed E-state index contributed by atoms with van der Waals surface area (Å²) in [5.41, 5.74) is 0.256. The van der Waals surface area contributed by atoms with Gasteiger partial charge >= 0.3 is 0 Å². The van der Waals surface area contributed by atoms with Crippen molar-refractivity contribution in [2.75, 3.05) is 13.2 Å². The topological polar surface area (TPSA) is 18.5 Å². The molecule has 2 heteroatoms. The van der Waals surface area contributed by atoms with Crippen molar-refractivity contribution in [2.45, 2.75) is 84.8 Å². The molecule has 1 saturated heterocycles. The first kappa shape index (κ1) is 16.0. The summed E-state index contributed by atoms with van der Waals surface area (Å²) in [7, 11) is 0. The SMILES string of the molecule is CCCCCCCCC1OCC(C)(CCC)CO1. The molecule has 1 fully saturated rings. The van der Waals surface area contributed by atoms with Crippen LogP contribution in [0.5, 0.6) is 0 Å². The van der Waals surface area contributed by atoms with Crippen LogP contribution < -0.4 is 0 Å². The lowest BCUT2D eigenvalue weighted by molar-refractivity contribution is -0.229. The Morgan fingerprint density at radius 2 is 1.50 bits per heavy atom. The van der Waals surface area contributed by atoms with Crippen LogP contribution in [0.3, 0.4) is 0 Å². The number of ether oxygens (including phenoxy) is 2. The molecule has 108 valence electrons. The van der Waals surface area contributed by atoms with Gasteiger partial charge in [0.05, 0.1) is 13.2 Å². The van der Waals surface area contributed by atoms with Gasteiger partial charge in [0.15, 0.2) is 6.29 Å². The molecule has 0 aromatic heterocycles. The van der Waals surface area contributed by atoms with Gasteiger partial charge in [0.25, 0.3) is 0 Å². The van der Waals surface area contributed by atoms with E-state index in [1.54, 1.807) is 0 Å². The Balaban J connectivity index is 2.02. The van der Waals surface area contributed by atoms with Crippen molar-refractivity contribution in [2.24, 2.45) is 5.41 Å². The zero-order valence-corrected chi connectivity index (χ0v) is 12.7. The summed E-state index contributed by atoms with van der Waals surface area (Å²) in [6.45, 7) is 8.52. The monoisotopic (exact) mass is 256 g/mol. The number of hydrogen-bond donors (Lipinski definition) is 0. The molecule has 0 radical (unpaired) electrons. The van der Waals surface area contributed by atoms with Gasteiger partial charge in [-0.2, -0.15) is 0 Å². The quantitative estimate of drug-likeness (QED) is 0.545. The fourth-order valence-electron chi connectivity index (χ4n) is 2.68. The fraction of sp³-hybridized carbons (Fsp3) is 1.00. The summed E-state index contributed by atoms with van der Waals surface area (Å²) in [4.78, 5) is 0. The molecule has 1 aliphatic rings. The standard InChI is InChI=1S/C16H32O2/c1-4-6-7-8-9-10-11-15-17-13-16(3,12-5-2)14-18-15/h15H,4-14H2,1-3H3. The number of hydrogen-bond acceptors (Lipinski definition) is 2. The molecule has 0 aliphatic carbocycles. The molecular weight excluding hydrogens is 224 g/mol. The van der Waals surface area contributed by atoms with Crippen LogP contribution in [0.25, 0.3) is 0 Å². The maximum absolute atomic E-state index is 5.85. The molecule has 0 atom stereocenters. The minimum Gasteiger partial charge on any atom is -0.352 e. The lowest BCUT2D eigenvalue weighted by atomic mass is 9.87. The molecule has 18 heavy (non-hydrogen) atoms. The Morgan fingerprint density at radius 3 is 2.11 bits per heavy atom. The second-order valence-corrected chi connectivity index (χ2v) is 6.17. The van der Waals surface area contributed by atoms with Crippen molar-refractivity contribution < 1.29 is 9.47 Å². The smallest absolute Gasteiger partial charge is 0.157 e. The number of unbranched alkanes of at least 4 members (excludes halogenated alkanes) is 5. The van der Waals surface area contributed by atoms with Crippen molar-refractivity contribution in [3.63, 3.8) is 0 Å². The Labute approximate surface area is 113 Å². The first-order valence-corrected chi connectivity index (χ1v) is 7.93. The van der Waals surface area contributed by atoms with Gasteiger partial charge in [-0.15, -0.1) is 0 Å². The van der Waals surface area contributed by atoms with Crippen LogP contribution in [0, 0.1) is 5.41 Å².